The van der Waals surface area contributed by atoms with Gasteiger partial charge in [0, 0.05) is 19.1 Å². The number of carbonyl (C=O) groups is 2. The topological polar surface area (TPSA) is 61.4 Å². The van der Waals surface area contributed by atoms with Crippen LogP contribution in [0, 0.1) is 12.7 Å². The lowest BCUT2D eigenvalue weighted by Gasteiger charge is -2.23. The van der Waals surface area contributed by atoms with Crippen LogP contribution >= 0.6 is 0 Å². The Morgan fingerprint density at radius 1 is 1.07 bits per heavy atom. The van der Waals surface area contributed by atoms with E-state index in [2.05, 4.69) is 16.7 Å². The third-order valence-corrected chi connectivity index (χ3v) is 4.51. The molecule has 27 heavy (non-hydrogen) atoms. The standard InChI is InChI=1S/C21H24FN3O2/c1-15-3-2-4-17(11-15)14-25(19-9-10-19)20(26)13-24-21(27)23-12-16-5-7-18(22)8-6-16/h2-8,11,19H,9-10,12-14H2,1H3,(H2,23,24,27). The van der Waals surface area contributed by atoms with E-state index in [0.717, 1.165) is 29.5 Å². The summed E-state index contributed by atoms with van der Waals surface area (Å²) in [6.07, 6.45) is 2.02. The van der Waals surface area contributed by atoms with Gasteiger partial charge in [-0.25, -0.2) is 9.18 Å². The molecular formula is C21H24FN3O2. The van der Waals surface area contributed by atoms with E-state index in [1.54, 1.807) is 12.1 Å². The average molecular weight is 369 g/mol. The number of hydrogen-bond donors (Lipinski definition) is 2. The zero-order valence-electron chi connectivity index (χ0n) is 15.4. The zero-order valence-corrected chi connectivity index (χ0v) is 15.4. The molecule has 3 amide bonds. The van der Waals surface area contributed by atoms with Crippen molar-refractivity contribution in [3.63, 3.8) is 0 Å². The Bertz CT molecular complexity index is 803. The first-order valence-corrected chi connectivity index (χ1v) is 9.12. The smallest absolute Gasteiger partial charge is 0.315 e. The Morgan fingerprint density at radius 3 is 2.48 bits per heavy atom. The van der Waals surface area contributed by atoms with E-state index in [-0.39, 0.29) is 30.9 Å². The van der Waals surface area contributed by atoms with Gasteiger partial charge in [0.1, 0.15) is 5.82 Å². The van der Waals surface area contributed by atoms with Crippen molar-refractivity contribution in [1.29, 1.82) is 0 Å². The molecular weight excluding hydrogens is 345 g/mol. The molecule has 0 heterocycles. The molecule has 1 saturated carbocycles. The largest absolute Gasteiger partial charge is 0.334 e. The summed E-state index contributed by atoms with van der Waals surface area (Å²) in [7, 11) is 0. The maximum atomic E-state index is 12.9. The van der Waals surface area contributed by atoms with E-state index in [1.807, 2.05) is 30.0 Å². The fourth-order valence-electron chi connectivity index (χ4n) is 2.92. The van der Waals surface area contributed by atoms with Gasteiger partial charge in [0.25, 0.3) is 0 Å². The van der Waals surface area contributed by atoms with Crippen LogP contribution in [0.4, 0.5) is 9.18 Å². The number of aryl methyl sites for hydroxylation is 1. The number of hydrogen-bond acceptors (Lipinski definition) is 2. The van der Waals surface area contributed by atoms with Crippen molar-refractivity contribution < 1.29 is 14.0 Å². The second-order valence-corrected chi connectivity index (χ2v) is 6.90. The quantitative estimate of drug-likeness (QED) is 0.788. The zero-order chi connectivity index (χ0) is 19.2. The molecule has 2 N–H and O–H groups in total. The van der Waals surface area contributed by atoms with Gasteiger partial charge >= 0.3 is 6.03 Å². The van der Waals surface area contributed by atoms with Crippen molar-refractivity contribution >= 4 is 11.9 Å². The van der Waals surface area contributed by atoms with Gasteiger partial charge < -0.3 is 15.5 Å². The summed E-state index contributed by atoms with van der Waals surface area (Å²) in [5.41, 5.74) is 3.04. The van der Waals surface area contributed by atoms with E-state index in [9.17, 15) is 14.0 Å². The van der Waals surface area contributed by atoms with E-state index in [4.69, 9.17) is 0 Å². The van der Waals surface area contributed by atoms with E-state index in [1.165, 1.54) is 12.1 Å². The fraction of sp³-hybridized carbons (Fsp3) is 0.333. The van der Waals surface area contributed by atoms with Gasteiger partial charge in [0.15, 0.2) is 0 Å². The van der Waals surface area contributed by atoms with E-state index < -0.39 is 6.03 Å². The first-order valence-electron chi connectivity index (χ1n) is 9.12. The van der Waals surface area contributed by atoms with Crippen molar-refractivity contribution in [2.75, 3.05) is 6.54 Å². The van der Waals surface area contributed by atoms with Gasteiger partial charge in [0.2, 0.25) is 5.91 Å². The van der Waals surface area contributed by atoms with E-state index in [0.29, 0.717) is 6.54 Å². The Morgan fingerprint density at radius 2 is 1.81 bits per heavy atom. The number of carbonyl (C=O) groups excluding carboxylic acids is 2. The highest BCUT2D eigenvalue weighted by molar-refractivity contribution is 5.84. The summed E-state index contributed by atoms with van der Waals surface area (Å²) in [5.74, 6) is -0.404. The van der Waals surface area contributed by atoms with Crippen molar-refractivity contribution in [2.45, 2.75) is 38.9 Å². The van der Waals surface area contributed by atoms with Crippen molar-refractivity contribution in [3.05, 3.63) is 71.0 Å². The number of amides is 3. The second kappa shape index (κ2) is 8.66. The summed E-state index contributed by atoms with van der Waals surface area (Å²) in [5, 5.41) is 5.28. The molecule has 2 aromatic carbocycles. The van der Waals surface area contributed by atoms with Crippen molar-refractivity contribution in [3.8, 4) is 0 Å². The van der Waals surface area contributed by atoms with Crippen LogP contribution in [0.2, 0.25) is 0 Å². The first kappa shape index (κ1) is 18.9. The van der Waals surface area contributed by atoms with Crippen LogP contribution in [0.25, 0.3) is 0 Å². The van der Waals surface area contributed by atoms with E-state index >= 15 is 0 Å². The Hall–Kier alpha value is -2.89. The fourth-order valence-corrected chi connectivity index (χ4v) is 2.92. The minimum Gasteiger partial charge on any atom is -0.334 e. The SMILES string of the molecule is Cc1cccc(CN(C(=O)CNC(=O)NCc2ccc(F)cc2)C2CC2)c1. The molecule has 0 aromatic heterocycles. The van der Waals surface area contributed by atoms with Gasteiger partial charge in [-0.3, -0.25) is 4.79 Å². The molecule has 1 aliphatic carbocycles. The first-order chi connectivity index (χ1) is 13.0. The molecule has 0 radical (unpaired) electrons. The van der Waals surface area contributed by atoms with Gasteiger partial charge in [-0.15, -0.1) is 0 Å². The van der Waals surface area contributed by atoms with Crippen LogP contribution in [0.5, 0.6) is 0 Å². The van der Waals surface area contributed by atoms with Crippen LogP contribution in [0.15, 0.2) is 48.5 Å². The third-order valence-electron chi connectivity index (χ3n) is 4.51. The van der Waals surface area contributed by atoms with Gasteiger partial charge in [-0.1, -0.05) is 42.0 Å². The molecule has 0 unspecified atom stereocenters. The second-order valence-electron chi connectivity index (χ2n) is 6.90. The third kappa shape index (κ3) is 5.81. The Kier molecular flexibility index (Phi) is 6.06. The van der Waals surface area contributed by atoms with Crippen molar-refractivity contribution in [2.24, 2.45) is 0 Å². The van der Waals surface area contributed by atoms with Crippen LogP contribution in [-0.4, -0.2) is 29.4 Å². The summed E-state index contributed by atoms with van der Waals surface area (Å²) in [6.45, 7) is 2.82. The van der Waals surface area contributed by atoms with Crippen LogP contribution in [-0.2, 0) is 17.9 Å². The summed E-state index contributed by atoms with van der Waals surface area (Å²) in [6, 6.07) is 13.9. The lowest BCUT2D eigenvalue weighted by Crippen LogP contribution is -2.44. The minimum atomic E-state index is -0.418. The number of benzene rings is 2. The molecule has 1 fully saturated rings. The maximum Gasteiger partial charge on any atom is 0.315 e. The molecule has 5 nitrogen and oxygen atoms in total. The highest BCUT2D eigenvalue weighted by atomic mass is 19.1. The van der Waals surface area contributed by atoms with Gasteiger partial charge in [0.05, 0.1) is 6.54 Å². The molecule has 0 spiro atoms. The summed E-state index contributed by atoms with van der Waals surface area (Å²) >= 11 is 0. The summed E-state index contributed by atoms with van der Waals surface area (Å²) in [4.78, 5) is 26.3. The Balaban J connectivity index is 1.47. The lowest BCUT2D eigenvalue weighted by molar-refractivity contribution is -0.131. The molecule has 2 aromatic rings. The number of nitrogens with one attached hydrogen (secondary N) is 2. The highest BCUT2D eigenvalue weighted by Crippen LogP contribution is 2.28. The monoisotopic (exact) mass is 369 g/mol. The molecule has 3 rings (SSSR count). The summed E-state index contributed by atoms with van der Waals surface area (Å²) < 4.78 is 12.9. The predicted molar refractivity (Wildman–Crippen MR) is 101 cm³/mol. The normalized spacial score (nSPS) is 13.1. The van der Waals surface area contributed by atoms with Crippen LogP contribution in [0.3, 0.4) is 0 Å². The van der Waals surface area contributed by atoms with Crippen LogP contribution in [0.1, 0.15) is 29.5 Å². The number of nitrogens with zero attached hydrogens (tertiary/aromatic N) is 1. The number of urea groups is 1. The predicted octanol–water partition coefficient (Wildman–Crippen LogP) is 3.12. The van der Waals surface area contributed by atoms with Gasteiger partial charge in [-0.2, -0.15) is 0 Å². The Labute approximate surface area is 158 Å². The molecule has 1 aliphatic rings. The highest BCUT2D eigenvalue weighted by Gasteiger charge is 2.32. The lowest BCUT2D eigenvalue weighted by atomic mass is 10.1. The average Bonchev–Trinajstić information content (AvgIpc) is 3.49. The minimum absolute atomic E-state index is 0.0441. The van der Waals surface area contributed by atoms with Crippen LogP contribution < -0.4 is 10.6 Å². The molecule has 6 heteroatoms. The van der Waals surface area contributed by atoms with Gasteiger partial charge in [-0.05, 0) is 43.0 Å². The molecule has 0 atom stereocenters. The molecule has 0 saturated heterocycles. The number of halogens is 1. The maximum absolute atomic E-state index is 12.9. The van der Waals surface area contributed by atoms with Crippen molar-refractivity contribution in [1.82, 2.24) is 15.5 Å². The molecule has 0 aliphatic heterocycles. The number of rotatable bonds is 7. The molecule has 0 bridgehead atoms. The molecule has 142 valence electrons.